The summed E-state index contributed by atoms with van der Waals surface area (Å²) in [5.41, 5.74) is 2.40. The standard InChI is InChI=1S/C11H12N2O3/c1-16-6-11(15)12-8-2-3-9-7(4-8)5-10(14)13-9/h2-4H,5-6H2,1H3,(H,12,15)(H,13,14). The van der Waals surface area contributed by atoms with Gasteiger partial charge >= 0.3 is 0 Å². The first-order chi connectivity index (χ1) is 7.69. The van der Waals surface area contributed by atoms with Crippen LogP contribution >= 0.6 is 0 Å². The van der Waals surface area contributed by atoms with Gasteiger partial charge in [0.15, 0.2) is 0 Å². The van der Waals surface area contributed by atoms with E-state index in [2.05, 4.69) is 10.6 Å². The molecule has 1 aliphatic heterocycles. The molecule has 0 bridgehead atoms. The molecule has 1 aliphatic rings. The fraction of sp³-hybridized carbons (Fsp3) is 0.273. The van der Waals surface area contributed by atoms with Crippen LogP contribution in [-0.4, -0.2) is 25.5 Å². The van der Waals surface area contributed by atoms with Crippen LogP contribution in [0.3, 0.4) is 0 Å². The Bertz CT molecular complexity index is 443. The van der Waals surface area contributed by atoms with E-state index in [-0.39, 0.29) is 18.4 Å². The first-order valence-electron chi connectivity index (χ1n) is 4.90. The Kier molecular flexibility index (Phi) is 2.87. The molecule has 0 atom stereocenters. The van der Waals surface area contributed by atoms with Crippen molar-refractivity contribution < 1.29 is 14.3 Å². The third-order valence-corrected chi connectivity index (χ3v) is 2.29. The molecule has 5 nitrogen and oxygen atoms in total. The first-order valence-corrected chi connectivity index (χ1v) is 4.90. The Morgan fingerprint density at radius 2 is 2.38 bits per heavy atom. The Labute approximate surface area is 92.8 Å². The average Bonchev–Trinajstić information content (AvgIpc) is 2.57. The summed E-state index contributed by atoms with van der Waals surface area (Å²) < 4.78 is 4.71. The Balaban J connectivity index is 2.10. The van der Waals surface area contributed by atoms with Crippen molar-refractivity contribution in [1.82, 2.24) is 0 Å². The molecule has 1 aromatic rings. The predicted octanol–water partition coefficient (Wildman–Crippen LogP) is 0.766. The topological polar surface area (TPSA) is 67.4 Å². The summed E-state index contributed by atoms with van der Waals surface area (Å²) in [5.74, 6) is -0.227. The largest absolute Gasteiger partial charge is 0.375 e. The molecule has 2 amide bonds. The van der Waals surface area contributed by atoms with E-state index in [9.17, 15) is 9.59 Å². The number of amides is 2. The van der Waals surface area contributed by atoms with Gasteiger partial charge in [-0.1, -0.05) is 0 Å². The molecular formula is C11H12N2O3. The van der Waals surface area contributed by atoms with Gasteiger partial charge in [0.25, 0.3) is 0 Å². The number of fused-ring (bicyclic) bond motifs is 1. The molecule has 1 aromatic carbocycles. The monoisotopic (exact) mass is 220 g/mol. The van der Waals surface area contributed by atoms with Crippen molar-refractivity contribution in [3.05, 3.63) is 23.8 Å². The zero-order valence-electron chi connectivity index (χ0n) is 8.87. The van der Waals surface area contributed by atoms with E-state index in [1.165, 1.54) is 7.11 Å². The number of nitrogens with one attached hydrogen (secondary N) is 2. The van der Waals surface area contributed by atoms with Crippen molar-refractivity contribution in [3.63, 3.8) is 0 Å². The molecule has 0 saturated heterocycles. The van der Waals surface area contributed by atoms with Crippen molar-refractivity contribution in [1.29, 1.82) is 0 Å². The molecule has 0 saturated carbocycles. The summed E-state index contributed by atoms with van der Waals surface area (Å²) in [6, 6.07) is 5.32. The molecule has 84 valence electrons. The summed E-state index contributed by atoms with van der Waals surface area (Å²) in [5, 5.41) is 5.41. The number of carbonyl (C=O) groups is 2. The molecular weight excluding hydrogens is 208 g/mol. The predicted molar refractivity (Wildman–Crippen MR) is 59.3 cm³/mol. The zero-order valence-corrected chi connectivity index (χ0v) is 8.87. The van der Waals surface area contributed by atoms with Crippen molar-refractivity contribution in [3.8, 4) is 0 Å². The Morgan fingerprint density at radius 3 is 3.12 bits per heavy atom. The number of hydrogen-bond donors (Lipinski definition) is 2. The fourth-order valence-corrected chi connectivity index (χ4v) is 1.64. The van der Waals surface area contributed by atoms with Crippen LogP contribution in [0.4, 0.5) is 11.4 Å². The summed E-state index contributed by atoms with van der Waals surface area (Å²) in [6.45, 7) is 0.0221. The second-order valence-corrected chi connectivity index (χ2v) is 3.58. The molecule has 2 rings (SSSR count). The molecule has 0 fully saturated rings. The normalized spacial score (nSPS) is 13.2. The van der Waals surface area contributed by atoms with Gasteiger partial charge in [0.05, 0.1) is 6.42 Å². The Morgan fingerprint density at radius 1 is 1.56 bits per heavy atom. The molecule has 2 N–H and O–H groups in total. The van der Waals surface area contributed by atoms with Gasteiger partial charge in [-0.05, 0) is 23.8 Å². The van der Waals surface area contributed by atoms with Crippen molar-refractivity contribution in [2.45, 2.75) is 6.42 Å². The van der Waals surface area contributed by atoms with Gasteiger partial charge in [-0.15, -0.1) is 0 Å². The maximum absolute atomic E-state index is 11.3. The molecule has 0 radical (unpaired) electrons. The van der Waals surface area contributed by atoms with Crippen LogP contribution in [0, 0.1) is 0 Å². The third-order valence-electron chi connectivity index (χ3n) is 2.29. The maximum atomic E-state index is 11.3. The number of rotatable bonds is 3. The summed E-state index contributed by atoms with van der Waals surface area (Å²) in [4.78, 5) is 22.4. The van der Waals surface area contributed by atoms with Gasteiger partial charge in [0, 0.05) is 18.5 Å². The van der Waals surface area contributed by atoms with Crippen molar-refractivity contribution >= 4 is 23.2 Å². The van der Waals surface area contributed by atoms with Crippen LogP contribution in [0.5, 0.6) is 0 Å². The summed E-state index contributed by atoms with van der Waals surface area (Å²) >= 11 is 0. The van der Waals surface area contributed by atoms with Crippen molar-refractivity contribution in [2.24, 2.45) is 0 Å². The smallest absolute Gasteiger partial charge is 0.250 e. The average molecular weight is 220 g/mol. The quantitative estimate of drug-likeness (QED) is 0.790. The lowest BCUT2D eigenvalue weighted by Gasteiger charge is -2.06. The number of carbonyl (C=O) groups excluding carboxylic acids is 2. The van der Waals surface area contributed by atoms with E-state index in [1.54, 1.807) is 18.2 Å². The lowest BCUT2D eigenvalue weighted by Crippen LogP contribution is -2.17. The highest BCUT2D eigenvalue weighted by molar-refractivity contribution is 6.00. The van der Waals surface area contributed by atoms with E-state index >= 15 is 0 Å². The fourth-order valence-electron chi connectivity index (χ4n) is 1.64. The summed E-state index contributed by atoms with van der Waals surface area (Å²) in [6.07, 6.45) is 0.364. The van der Waals surface area contributed by atoms with Crippen LogP contribution in [-0.2, 0) is 20.7 Å². The van der Waals surface area contributed by atoms with Crippen LogP contribution in [0.25, 0.3) is 0 Å². The molecule has 1 heterocycles. The number of benzene rings is 1. The lowest BCUT2D eigenvalue weighted by molar-refractivity contribution is -0.119. The summed E-state index contributed by atoms with van der Waals surface area (Å²) in [7, 11) is 1.46. The van der Waals surface area contributed by atoms with Gasteiger partial charge in [0.2, 0.25) is 11.8 Å². The highest BCUT2D eigenvalue weighted by Crippen LogP contribution is 2.25. The van der Waals surface area contributed by atoms with Crippen molar-refractivity contribution in [2.75, 3.05) is 24.4 Å². The number of anilines is 2. The van der Waals surface area contributed by atoms with E-state index in [0.29, 0.717) is 12.1 Å². The molecule has 0 aromatic heterocycles. The minimum absolute atomic E-state index is 0.0182. The number of methoxy groups -OCH3 is 1. The zero-order chi connectivity index (χ0) is 11.5. The SMILES string of the molecule is COCC(=O)Nc1ccc2c(c1)CC(=O)N2. The van der Waals surface area contributed by atoms with Gasteiger partial charge in [-0.25, -0.2) is 0 Å². The van der Waals surface area contributed by atoms with Gasteiger partial charge in [-0.3, -0.25) is 9.59 Å². The van der Waals surface area contributed by atoms with Crippen LogP contribution in [0.1, 0.15) is 5.56 Å². The molecule has 5 heteroatoms. The number of ether oxygens (including phenoxy) is 1. The van der Waals surface area contributed by atoms with E-state index in [4.69, 9.17) is 4.74 Å². The Hall–Kier alpha value is -1.88. The first kappa shape index (κ1) is 10.6. The highest BCUT2D eigenvalue weighted by Gasteiger charge is 2.17. The van der Waals surface area contributed by atoms with E-state index < -0.39 is 0 Å². The molecule has 0 spiro atoms. The van der Waals surface area contributed by atoms with Gasteiger partial charge < -0.3 is 15.4 Å². The van der Waals surface area contributed by atoms with E-state index in [0.717, 1.165) is 11.3 Å². The lowest BCUT2D eigenvalue weighted by atomic mass is 10.1. The third kappa shape index (κ3) is 2.20. The van der Waals surface area contributed by atoms with Crippen LogP contribution in [0.15, 0.2) is 18.2 Å². The highest BCUT2D eigenvalue weighted by atomic mass is 16.5. The molecule has 16 heavy (non-hydrogen) atoms. The minimum Gasteiger partial charge on any atom is -0.375 e. The van der Waals surface area contributed by atoms with Crippen LogP contribution < -0.4 is 10.6 Å². The minimum atomic E-state index is -0.209. The van der Waals surface area contributed by atoms with E-state index in [1.807, 2.05) is 0 Å². The van der Waals surface area contributed by atoms with Crippen LogP contribution in [0.2, 0.25) is 0 Å². The maximum Gasteiger partial charge on any atom is 0.250 e. The van der Waals surface area contributed by atoms with Gasteiger partial charge in [-0.2, -0.15) is 0 Å². The molecule has 0 aliphatic carbocycles. The van der Waals surface area contributed by atoms with Gasteiger partial charge in [0.1, 0.15) is 6.61 Å². The second-order valence-electron chi connectivity index (χ2n) is 3.58. The molecule has 0 unspecified atom stereocenters. The second kappa shape index (κ2) is 4.32. The number of hydrogen-bond acceptors (Lipinski definition) is 3.